The van der Waals surface area contributed by atoms with Gasteiger partial charge in [0.25, 0.3) is 5.91 Å². The first-order valence-electron chi connectivity index (χ1n) is 8.45. The molecule has 0 bridgehead atoms. The molecule has 1 aromatic carbocycles. The van der Waals surface area contributed by atoms with Crippen molar-refractivity contribution in [2.24, 2.45) is 0 Å². The van der Waals surface area contributed by atoms with Crippen LogP contribution < -0.4 is 5.32 Å². The van der Waals surface area contributed by atoms with Gasteiger partial charge in [-0.05, 0) is 50.0 Å². The molecule has 1 heterocycles. The van der Waals surface area contributed by atoms with Crippen LogP contribution in [0.25, 0.3) is 0 Å². The molecule has 26 heavy (non-hydrogen) atoms. The zero-order valence-electron chi connectivity index (χ0n) is 14.7. The van der Waals surface area contributed by atoms with Crippen molar-refractivity contribution in [2.45, 2.75) is 43.7 Å². The van der Waals surface area contributed by atoms with Gasteiger partial charge in [0.05, 0.1) is 5.75 Å². The second-order valence-electron chi connectivity index (χ2n) is 6.24. The number of alkyl halides is 2. The van der Waals surface area contributed by atoms with E-state index in [9.17, 15) is 22.0 Å². The summed E-state index contributed by atoms with van der Waals surface area (Å²) in [6, 6.07) is 6.08. The van der Waals surface area contributed by atoms with Crippen LogP contribution >= 0.6 is 12.4 Å². The van der Waals surface area contributed by atoms with E-state index in [-0.39, 0.29) is 29.9 Å². The molecule has 5 nitrogen and oxygen atoms in total. The van der Waals surface area contributed by atoms with Gasteiger partial charge in [0.15, 0.2) is 0 Å². The van der Waals surface area contributed by atoms with E-state index in [1.54, 1.807) is 0 Å². The molecule has 0 saturated carbocycles. The van der Waals surface area contributed by atoms with Crippen molar-refractivity contribution in [3.05, 3.63) is 35.4 Å². The Bertz CT molecular complexity index is 678. The third kappa shape index (κ3) is 5.89. The van der Waals surface area contributed by atoms with Crippen LogP contribution in [0.1, 0.15) is 42.1 Å². The Morgan fingerprint density at radius 3 is 2.31 bits per heavy atom. The lowest BCUT2D eigenvalue weighted by Crippen LogP contribution is -2.46. The van der Waals surface area contributed by atoms with Crippen LogP contribution in [0.3, 0.4) is 0 Å². The van der Waals surface area contributed by atoms with Gasteiger partial charge in [0.1, 0.15) is 0 Å². The third-order valence-electron chi connectivity index (χ3n) is 4.32. The molecule has 1 aliphatic rings. The highest BCUT2D eigenvalue weighted by atomic mass is 35.5. The van der Waals surface area contributed by atoms with Crippen LogP contribution in [0, 0.1) is 0 Å². The normalized spacial score (nSPS) is 15.5. The van der Waals surface area contributed by atoms with Crippen molar-refractivity contribution in [1.82, 2.24) is 10.2 Å². The smallest absolute Gasteiger partial charge is 0.336 e. The number of hydrogen-bond acceptors (Lipinski definition) is 4. The third-order valence-corrected chi connectivity index (χ3v) is 5.59. The second kappa shape index (κ2) is 10.2. The summed E-state index contributed by atoms with van der Waals surface area (Å²) in [6.07, 6.45) is 2.65. The molecule has 9 heteroatoms. The SMILES string of the molecule is CCCN(C(=O)c1ccc(CS(=O)(=O)C(F)F)cc1)C1CCNCC1.Cl. The van der Waals surface area contributed by atoms with Gasteiger partial charge in [0.2, 0.25) is 9.84 Å². The lowest BCUT2D eigenvalue weighted by atomic mass is 10.0. The van der Waals surface area contributed by atoms with Crippen LogP contribution in [0.4, 0.5) is 8.78 Å². The average Bonchev–Trinajstić information content (AvgIpc) is 2.60. The Hall–Kier alpha value is -1.25. The Morgan fingerprint density at radius 1 is 1.23 bits per heavy atom. The van der Waals surface area contributed by atoms with Gasteiger partial charge in [-0.15, -0.1) is 12.4 Å². The van der Waals surface area contributed by atoms with Gasteiger partial charge in [0, 0.05) is 18.2 Å². The highest BCUT2D eigenvalue weighted by molar-refractivity contribution is 7.90. The predicted molar refractivity (Wildman–Crippen MR) is 99.5 cm³/mol. The number of sulfone groups is 1. The van der Waals surface area contributed by atoms with E-state index in [0.29, 0.717) is 12.1 Å². The van der Waals surface area contributed by atoms with Crippen LogP contribution in [-0.4, -0.2) is 50.7 Å². The molecule has 1 N–H and O–H groups in total. The predicted octanol–water partition coefficient (Wildman–Crippen LogP) is 2.85. The summed E-state index contributed by atoms with van der Waals surface area (Å²) in [5.41, 5.74) is 0.700. The van der Waals surface area contributed by atoms with Crippen molar-refractivity contribution in [1.29, 1.82) is 0 Å². The van der Waals surface area contributed by atoms with E-state index in [4.69, 9.17) is 0 Å². The van der Waals surface area contributed by atoms with Crippen molar-refractivity contribution >= 4 is 28.2 Å². The van der Waals surface area contributed by atoms with Crippen LogP contribution in [0.15, 0.2) is 24.3 Å². The minimum Gasteiger partial charge on any atom is -0.336 e. The fourth-order valence-corrected chi connectivity index (χ4v) is 3.80. The highest BCUT2D eigenvalue weighted by Gasteiger charge is 2.26. The number of halogens is 3. The van der Waals surface area contributed by atoms with E-state index >= 15 is 0 Å². The number of carbonyl (C=O) groups is 1. The zero-order valence-corrected chi connectivity index (χ0v) is 16.3. The quantitative estimate of drug-likeness (QED) is 0.750. The maximum atomic E-state index is 12.8. The number of nitrogens with zero attached hydrogens (tertiary/aromatic N) is 1. The van der Waals surface area contributed by atoms with E-state index in [1.807, 2.05) is 11.8 Å². The monoisotopic (exact) mass is 410 g/mol. The Morgan fingerprint density at radius 2 is 1.81 bits per heavy atom. The standard InChI is InChI=1S/C17H24F2N2O3S.ClH/c1-2-11-21(15-7-9-20-10-8-15)16(22)14-5-3-13(4-6-14)12-25(23,24)17(18)19;/h3-6,15,17,20H,2,7-12H2,1H3;1H. The molecule has 148 valence electrons. The van der Waals surface area contributed by atoms with E-state index < -0.39 is 21.3 Å². The molecule has 1 aliphatic heterocycles. The molecule has 1 saturated heterocycles. The molecule has 0 aromatic heterocycles. The second-order valence-corrected chi connectivity index (χ2v) is 8.22. The average molecular weight is 411 g/mol. The first-order valence-corrected chi connectivity index (χ1v) is 10.2. The summed E-state index contributed by atoms with van der Waals surface area (Å²) in [5, 5.41) is 3.27. The van der Waals surface area contributed by atoms with Gasteiger partial charge in [-0.25, -0.2) is 8.42 Å². The lowest BCUT2D eigenvalue weighted by Gasteiger charge is -2.34. The Balaban J connectivity index is 0.00000338. The van der Waals surface area contributed by atoms with Crippen LogP contribution in [-0.2, 0) is 15.6 Å². The summed E-state index contributed by atoms with van der Waals surface area (Å²) in [6.45, 7) is 4.43. The lowest BCUT2D eigenvalue weighted by molar-refractivity contribution is 0.0642. The number of nitrogens with one attached hydrogen (secondary N) is 1. The number of hydrogen-bond donors (Lipinski definition) is 1. The topological polar surface area (TPSA) is 66.5 Å². The number of amides is 1. The summed E-state index contributed by atoms with van der Waals surface area (Å²) < 4.78 is 47.5. The van der Waals surface area contributed by atoms with Crippen molar-refractivity contribution < 1.29 is 22.0 Å². The number of carbonyl (C=O) groups excluding carboxylic acids is 1. The van der Waals surface area contributed by atoms with Crippen molar-refractivity contribution in [3.8, 4) is 0 Å². The van der Waals surface area contributed by atoms with Crippen molar-refractivity contribution in [2.75, 3.05) is 19.6 Å². The first-order chi connectivity index (χ1) is 11.8. The molecular weight excluding hydrogens is 386 g/mol. The van der Waals surface area contributed by atoms with Crippen molar-refractivity contribution in [3.63, 3.8) is 0 Å². The minimum absolute atomic E-state index is 0. The molecule has 0 atom stereocenters. The molecule has 0 radical (unpaired) electrons. The molecular formula is C17H25ClF2N2O3S. The molecule has 0 aliphatic carbocycles. The van der Waals surface area contributed by atoms with Gasteiger partial charge >= 0.3 is 5.76 Å². The molecule has 0 spiro atoms. The number of benzene rings is 1. The Kier molecular flexibility index (Phi) is 8.92. The summed E-state index contributed by atoms with van der Waals surface area (Å²) in [4.78, 5) is 14.7. The summed E-state index contributed by atoms with van der Waals surface area (Å²) in [5.74, 6) is -4.22. The molecule has 1 fully saturated rings. The molecule has 2 rings (SSSR count). The number of rotatable bonds is 7. The van der Waals surface area contributed by atoms with Gasteiger partial charge in [-0.1, -0.05) is 19.1 Å². The maximum absolute atomic E-state index is 12.8. The maximum Gasteiger partial charge on any atom is 0.337 e. The number of piperidine rings is 1. The molecule has 0 unspecified atom stereocenters. The minimum atomic E-state index is -4.46. The fourth-order valence-electron chi connectivity index (χ4n) is 3.01. The largest absolute Gasteiger partial charge is 0.337 e. The molecule has 1 amide bonds. The van der Waals surface area contributed by atoms with E-state index in [1.165, 1.54) is 24.3 Å². The zero-order chi connectivity index (χ0) is 18.4. The van der Waals surface area contributed by atoms with Crippen LogP contribution in [0.5, 0.6) is 0 Å². The van der Waals surface area contributed by atoms with Gasteiger partial charge in [-0.2, -0.15) is 8.78 Å². The van der Waals surface area contributed by atoms with E-state index in [0.717, 1.165) is 32.4 Å². The van der Waals surface area contributed by atoms with Gasteiger partial charge < -0.3 is 10.2 Å². The summed E-state index contributed by atoms with van der Waals surface area (Å²) >= 11 is 0. The highest BCUT2D eigenvalue weighted by Crippen LogP contribution is 2.18. The Labute approximate surface area is 159 Å². The first kappa shape index (κ1) is 22.8. The van der Waals surface area contributed by atoms with Crippen LogP contribution in [0.2, 0.25) is 0 Å². The van der Waals surface area contributed by atoms with Gasteiger partial charge in [-0.3, -0.25) is 4.79 Å². The summed E-state index contributed by atoms with van der Waals surface area (Å²) in [7, 11) is -4.46. The molecule has 1 aromatic rings. The fraction of sp³-hybridized carbons (Fsp3) is 0.588. The van der Waals surface area contributed by atoms with E-state index in [2.05, 4.69) is 5.32 Å².